The predicted molar refractivity (Wildman–Crippen MR) is 102 cm³/mol. The average Bonchev–Trinajstić information content (AvgIpc) is 3.32. The molecule has 6 nitrogen and oxygen atoms in total. The van der Waals surface area contributed by atoms with Crippen LogP contribution >= 0.6 is 11.3 Å². The van der Waals surface area contributed by atoms with Gasteiger partial charge in [-0.15, -0.1) is 0 Å². The van der Waals surface area contributed by atoms with Gasteiger partial charge in [-0.25, -0.2) is 4.98 Å². The molecule has 0 saturated heterocycles. The van der Waals surface area contributed by atoms with Crippen molar-refractivity contribution in [2.75, 3.05) is 12.4 Å². The SMILES string of the molecule is COc1ccc(-c2ccsc2)c2cc(C#N)c(NC(=O)C3(C#N)CC3)nc12. The topological polar surface area (TPSA) is 98.8 Å². The summed E-state index contributed by atoms with van der Waals surface area (Å²) >= 11 is 1.58. The number of anilines is 1. The molecule has 1 aromatic carbocycles. The maximum Gasteiger partial charge on any atom is 0.246 e. The lowest BCUT2D eigenvalue weighted by Crippen LogP contribution is -2.23. The lowest BCUT2D eigenvalue weighted by molar-refractivity contribution is -0.119. The maximum absolute atomic E-state index is 12.4. The van der Waals surface area contributed by atoms with Gasteiger partial charge in [0.2, 0.25) is 5.91 Å². The van der Waals surface area contributed by atoms with E-state index in [9.17, 15) is 15.3 Å². The number of methoxy groups -OCH3 is 1. The zero-order chi connectivity index (χ0) is 19.0. The number of carbonyl (C=O) groups excluding carboxylic acids is 1. The van der Waals surface area contributed by atoms with Crippen LogP contribution in [-0.4, -0.2) is 18.0 Å². The molecule has 1 saturated carbocycles. The average molecular weight is 374 g/mol. The molecule has 132 valence electrons. The summed E-state index contributed by atoms with van der Waals surface area (Å²) < 4.78 is 5.43. The van der Waals surface area contributed by atoms with Crippen molar-refractivity contribution in [1.82, 2.24) is 4.98 Å². The Kier molecular flexibility index (Phi) is 4.02. The highest BCUT2D eigenvalue weighted by atomic mass is 32.1. The first-order valence-corrected chi connectivity index (χ1v) is 9.23. The van der Waals surface area contributed by atoms with Crippen LogP contribution in [0.2, 0.25) is 0 Å². The van der Waals surface area contributed by atoms with Crippen molar-refractivity contribution in [2.24, 2.45) is 5.41 Å². The maximum atomic E-state index is 12.4. The number of ether oxygens (including phenoxy) is 1. The van der Waals surface area contributed by atoms with Crippen molar-refractivity contribution >= 4 is 34.0 Å². The number of benzene rings is 1. The smallest absolute Gasteiger partial charge is 0.246 e. The van der Waals surface area contributed by atoms with Crippen LogP contribution in [-0.2, 0) is 4.79 Å². The number of carbonyl (C=O) groups is 1. The Morgan fingerprint density at radius 2 is 2.15 bits per heavy atom. The van der Waals surface area contributed by atoms with Gasteiger partial charge in [0, 0.05) is 5.39 Å². The van der Waals surface area contributed by atoms with Crippen molar-refractivity contribution < 1.29 is 9.53 Å². The normalized spacial score (nSPS) is 14.2. The molecule has 1 fully saturated rings. The molecule has 0 aliphatic heterocycles. The van der Waals surface area contributed by atoms with Gasteiger partial charge in [0.05, 0.1) is 18.7 Å². The Hall–Kier alpha value is -3.42. The van der Waals surface area contributed by atoms with Gasteiger partial charge in [-0.05, 0) is 59.0 Å². The predicted octanol–water partition coefficient (Wildman–Crippen LogP) is 4.09. The van der Waals surface area contributed by atoms with Gasteiger partial charge in [-0.1, -0.05) is 0 Å². The molecule has 1 amide bonds. The van der Waals surface area contributed by atoms with Crippen LogP contribution in [0.5, 0.6) is 5.75 Å². The highest BCUT2D eigenvalue weighted by molar-refractivity contribution is 7.08. The third-order valence-corrected chi connectivity index (χ3v) is 5.43. The summed E-state index contributed by atoms with van der Waals surface area (Å²) in [6, 6.07) is 11.6. The molecule has 0 atom stereocenters. The Labute approximate surface area is 159 Å². The van der Waals surface area contributed by atoms with Crippen LogP contribution in [0.4, 0.5) is 5.82 Å². The monoisotopic (exact) mass is 374 g/mol. The summed E-state index contributed by atoms with van der Waals surface area (Å²) in [5, 5.41) is 26.2. The van der Waals surface area contributed by atoms with Crippen molar-refractivity contribution in [3.63, 3.8) is 0 Å². The van der Waals surface area contributed by atoms with Gasteiger partial charge >= 0.3 is 0 Å². The number of thiophene rings is 1. The number of pyridine rings is 1. The molecular weight excluding hydrogens is 360 g/mol. The van der Waals surface area contributed by atoms with Crippen molar-refractivity contribution in [3.8, 4) is 29.0 Å². The molecule has 7 heteroatoms. The molecule has 27 heavy (non-hydrogen) atoms. The number of nitrogens with one attached hydrogen (secondary N) is 1. The van der Waals surface area contributed by atoms with Gasteiger partial charge < -0.3 is 10.1 Å². The second kappa shape index (κ2) is 6.39. The number of rotatable bonds is 4. The molecule has 0 spiro atoms. The lowest BCUT2D eigenvalue weighted by atomic mass is 10.0. The van der Waals surface area contributed by atoms with Gasteiger partial charge in [0.15, 0.2) is 5.82 Å². The first kappa shape index (κ1) is 17.0. The second-order valence-electron chi connectivity index (χ2n) is 6.37. The summed E-state index contributed by atoms with van der Waals surface area (Å²) in [5.41, 5.74) is 1.76. The molecule has 1 aliphatic carbocycles. The van der Waals surface area contributed by atoms with Crippen LogP contribution in [0.25, 0.3) is 22.0 Å². The molecule has 0 bridgehead atoms. The van der Waals surface area contributed by atoms with Gasteiger partial charge in [0.25, 0.3) is 0 Å². The molecule has 2 heterocycles. The summed E-state index contributed by atoms with van der Waals surface area (Å²) in [5.74, 6) is 0.281. The van der Waals surface area contributed by atoms with Gasteiger partial charge in [-0.3, -0.25) is 4.79 Å². The minimum atomic E-state index is -0.994. The Balaban J connectivity index is 1.88. The van der Waals surface area contributed by atoms with E-state index in [1.165, 1.54) is 0 Å². The van der Waals surface area contributed by atoms with Crippen LogP contribution in [0.1, 0.15) is 18.4 Å². The van der Waals surface area contributed by atoms with E-state index < -0.39 is 11.3 Å². The quantitative estimate of drug-likeness (QED) is 0.742. The summed E-state index contributed by atoms with van der Waals surface area (Å²) in [7, 11) is 1.55. The van der Waals surface area contributed by atoms with E-state index in [2.05, 4.69) is 22.4 Å². The second-order valence-corrected chi connectivity index (χ2v) is 7.15. The third-order valence-electron chi connectivity index (χ3n) is 4.75. The fraction of sp³-hybridized carbons (Fsp3) is 0.200. The van der Waals surface area contributed by atoms with E-state index in [1.807, 2.05) is 29.0 Å². The molecule has 3 aromatic rings. The molecule has 1 aliphatic rings. The Bertz CT molecular complexity index is 1140. The van der Waals surface area contributed by atoms with E-state index in [0.29, 0.717) is 24.1 Å². The van der Waals surface area contributed by atoms with E-state index in [-0.39, 0.29) is 11.4 Å². The largest absolute Gasteiger partial charge is 0.494 e. The number of hydrogen-bond acceptors (Lipinski definition) is 6. The van der Waals surface area contributed by atoms with Crippen molar-refractivity contribution in [1.29, 1.82) is 10.5 Å². The first-order chi connectivity index (χ1) is 13.1. The minimum Gasteiger partial charge on any atom is -0.494 e. The van der Waals surface area contributed by atoms with Crippen LogP contribution in [0.15, 0.2) is 35.0 Å². The first-order valence-electron chi connectivity index (χ1n) is 8.29. The molecular formula is C20H14N4O2S. The number of hydrogen-bond donors (Lipinski definition) is 1. The summed E-state index contributed by atoms with van der Waals surface area (Å²) in [6.07, 6.45) is 1.05. The summed E-state index contributed by atoms with van der Waals surface area (Å²) in [6.45, 7) is 0. The van der Waals surface area contributed by atoms with Crippen LogP contribution in [0.3, 0.4) is 0 Å². The van der Waals surface area contributed by atoms with Crippen LogP contribution < -0.4 is 10.1 Å². The van der Waals surface area contributed by atoms with E-state index in [1.54, 1.807) is 24.5 Å². The number of nitrogens with zero attached hydrogens (tertiary/aromatic N) is 3. The van der Waals surface area contributed by atoms with Crippen molar-refractivity contribution in [3.05, 3.63) is 40.6 Å². The van der Waals surface area contributed by atoms with Crippen LogP contribution in [0, 0.1) is 28.1 Å². The molecule has 0 radical (unpaired) electrons. The van der Waals surface area contributed by atoms with Crippen molar-refractivity contribution in [2.45, 2.75) is 12.8 Å². The molecule has 4 rings (SSSR count). The van der Waals surface area contributed by atoms with E-state index in [0.717, 1.165) is 16.5 Å². The number of amides is 1. The fourth-order valence-electron chi connectivity index (χ4n) is 2.99. The van der Waals surface area contributed by atoms with Gasteiger partial charge in [0.1, 0.15) is 22.8 Å². The lowest BCUT2D eigenvalue weighted by Gasteiger charge is -2.13. The summed E-state index contributed by atoms with van der Waals surface area (Å²) in [4.78, 5) is 16.9. The highest BCUT2D eigenvalue weighted by Gasteiger charge is 2.51. The minimum absolute atomic E-state index is 0.150. The number of fused-ring (bicyclic) bond motifs is 1. The van der Waals surface area contributed by atoms with Gasteiger partial charge in [-0.2, -0.15) is 21.9 Å². The Morgan fingerprint density at radius 1 is 1.33 bits per heavy atom. The zero-order valence-electron chi connectivity index (χ0n) is 14.4. The highest BCUT2D eigenvalue weighted by Crippen LogP contribution is 2.46. The van der Waals surface area contributed by atoms with E-state index >= 15 is 0 Å². The fourth-order valence-corrected chi connectivity index (χ4v) is 3.65. The Morgan fingerprint density at radius 3 is 2.74 bits per heavy atom. The number of nitriles is 2. The zero-order valence-corrected chi connectivity index (χ0v) is 15.3. The standard InChI is InChI=1S/C20H14N4O2S/c1-26-16-3-2-14(12-4-7-27-10-12)15-8-13(9-21)18(23-17(15)16)24-19(25)20(11-22)5-6-20/h2-4,7-8,10H,5-6H2,1H3,(H,23,24,25). The number of aromatic nitrogens is 1. The molecule has 0 unspecified atom stereocenters. The third kappa shape index (κ3) is 2.79. The molecule has 2 aromatic heterocycles. The van der Waals surface area contributed by atoms with E-state index in [4.69, 9.17) is 4.74 Å². The molecule has 1 N–H and O–H groups in total.